The summed E-state index contributed by atoms with van der Waals surface area (Å²) < 4.78 is 10.8. The Labute approximate surface area is 166 Å². The fourth-order valence-corrected chi connectivity index (χ4v) is 3.23. The average molecular weight is 406 g/mol. The first-order valence-electron chi connectivity index (χ1n) is 8.92. The van der Waals surface area contributed by atoms with E-state index in [0.29, 0.717) is 0 Å². The lowest BCUT2D eigenvalue weighted by Crippen LogP contribution is -2.60. The molecule has 156 valence electrons. The quantitative estimate of drug-likeness (QED) is 0.384. The maximum atomic E-state index is 11.6. The van der Waals surface area contributed by atoms with Crippen molar-refractivity contribution < 1.29 is 44.9 Å². The van der Waals surface area contributed by atoms with Crippen molar-refractivity contribution in [2.75, 3.05) is 6.61 Å². The van der Waals surface area contributed by atoms with Crippen LogP contribution in [-0.2, 0) is 11.2 Å². The minimum Gasteiger partial charge on any atom is -0.507 e. The van der Waals surface area contributed by atoms with Gasteiger partial charge in [-0.1, -0.05) is 30.3 Å². The number of carboxylic acids is 1. The molecule has 0 saturated carbocycles. The summed E-state index contributed by atoms with van der Waals surface area (Å²) in [6, 6.07) is 11.4. The number of aliphatic hydroxyl groups is 4. The van der Waals surface area contributed by atoms with E-state index in [2.05, 4.69) is 0 Å². The molecule has 0 aromatic heterocycles. The normalized spacial score (nSPS) is 26.8. The first-order valence-corrected chi connectivity index (χ1v) is 8.92. The molecule has 5 unspecified atom stereocenters. The zero-order valence-electron chi connectivity index (χ0n) is 15.3. The van der Waals surface area contributed by atoms with Crippen molar-refractivity contribution >= 4 is 5.97 Å². The zero-order chi connectivity index (χ0) is 21.1. The van der Waals surface area contributed by atoms with E-state index in [-0.39, 0.29) is 23.3 Å². The van der Waals surface area contributed by atoms with Gasteiger partial charge in [0.15, 0.2) is 0 Å². The van der Waals surface area contributed by atoms with E-state index in [0.717, 1.165) is 11.6 Å². The van der Waals surface area contributed by atoms with Crippen molar-refractivity contribution in [3.05, 3.63) is 59.2 Å². The number of hydrogen-bond donors (Lipinski definition) is 6. The molecule has 9 heteroatoms. The summed E-state index contributed by atoms with van der Waals surface area (Å²) in [6.45, 7) is -0.618. The van der Waals surface area contributed by atoms with E-state index in [4.69, 9.17) is 9.47 Å². The van der Waals surface area contributed by atoms with Crippen LogP contribution in [0.15, 0.2) is 42.5 Å². The summed E-state index contributed by atoms with van der Waals surface area (Å²) in [5.74, 6) is -1.86. The van der Waals surface area contributed by atoms with E-state index in [1.165, 1.54) is 6.07 Å². The molecule has 1 aliphatic heterocycles. The highest BCUT2D eigenvalue weighted by molar-refractivity contribution is 5.93. The van der Waals surface area contributed by atoms with Gasteiger partial charge in [0.05, 0.1) is 6.61 Å². The van der Waals surface area contributed by atoms with Gasteiger partial charge in [-0.05, 0) is 23.6 Å². The molecule has 1 heterocycles. The molecule has 1 saturated heterocycles. The molecule has 0 radical (unpaired) electrons. The van der Waals surface area contributed by atoms with Crippen LogP contribution in [0.4, 0.5) is 0 Å². The monoisotopic (exact) mass is 406 g/mol. The van der Waals surface area contributed by atoms with Gasteiger partial charge < -0.3 is 40.1 Å². The lowest BCUT2D eigenvalue weighted by molar-refractivity contribution is -0.277. The Bertz CT molecular complexity index is 853. The molecule has 0 amide bonds. The van der Waals surface area contributed by atoms with Crippen molar-refractivity contribution in [1.82, 2.24) is 0 Å². The molecule has 5 atom stereocenters. The second-order valence-corrected chi connectivity index (χ2v) is 6.76. The molecule has 29 heavy (non-hydrogen) atoms. The van der Waals surface area contributed by atoms with E-state index >= 15 is 0 Å². The highest BCUT2D eigenvalue weighted by atomic mass is 16.7. The third-order valence-corrected chi connectivity index (χ3v) is 4.72. The van der Waals surface area contributed by atoms with Crippen LogP contribution in [0, 0.1) is 0 Å². The molecule has 3 rings (SSSR count). The number of phenols is 1. The van der Waals surface area contributed by atoms with Gasteiger partial charge in [-0.3, -0.25) is 0 Å². The Morgan fingerprint density at radius 3 is 2.34 bits per heavy atom. The van der Waals surface area contributed by atoms with E-state index in [1.807, 2.05) is 6.07 Å². The molecule has 0 spiro atoms. The maximum absolute atomic E-state index is 11.6. The Kier molecular flexibility index (Phi) is 6.36. The van der Waals surface area contributed by atoms with Crippen molar-refractivity contribution in [1.29, 1.82) is 0 Å². The number of carboxylic acid groups (broad SMARTS) is 1. The first kappa shape index (κ1) is 21.0. The predicted molar refractivity (Wildman–Crippen MR) is 98.7 cm³/mol. The van der Waals surface area contributed by atoms with Gasteiger partial charge in [-0.15, -0.1) is 0 Å². The molecular weight excluding hydrogens is 384 g/mol. The van der Waals surface area contributed by atoms with Gasteiger partial charge in [0, 0.05) is 6.07 Å². The largest absolute Gasteiger partial charge is 0.507 e. The van der Waals surface area contributed by atoms with Crippen molar-refractivity contribution in [2.24, 2.45) is 0 Å². The number of aromatic hydroxyl groups is 1. The fraction of sp³-hybridized carbons (Fsp3) is 0.350. The number of rotatable bonds is 6. The van der Waals surface area contributed by atoms with Crippen molar-refractivity contribution in [3.63, 3.8) is 0 Å². The van der Waals surface area contributed by atoms with Crippen LogP contribution < -0.4 is 4.74 Å². The summed E-state index contributed by atoms with van der Waals surface area (Å²) in [4.78, 5) is 11.6. The molecule has 1 aliphatic rings. The summed E-state index contributed by atoms with van der Waals surface area (Å²) in [5.41, 5.74) is 0.790. The van der Waals surface area contributed by atoms with Crippen LogP contribution in [0.3, 0.4) is 0 Å². The molecule has 6 N–H and O–H groups in total. The Balaban J connectivity index is 1.90. The number of aliphatic hydroxyl groups excluding tert-OH is 4. The van der Waals surface area contributed by atoms with Crippen molar-refractivity contribution in [2.45, 2.75) is 37.1 Å². The number of hydrogen-bond acceptors (Lipinski definition) is 8. The topological polar surface area (TPSA) is 157 Å². The van der Waals surface area contributed by atoms with Crippen LogP contribution in [0.1, 0.15) is 21.5 Å². The van der Waals surface area contributed by atoms with Crippen LogP contribution in [0.5, 0.6) is 11.5 Å². The summed E-state index contributed by atoms with van der Waals surface area (Å²) in [7, 11) is 0. The minimum absolute atomic E-state index is 0.0113. The predicted octanol–water partition coefficient (Wildman–Crippen LogP) is -0.140. The average Bonchev–Trinajstić information content (AvgIpc) is 2.68. The molecular formula is C20H22O9. The summed E-state index contributed by atoms with van der Waals surface area (Å²) >= 11 is 0. The third kappa shape index (κ3) is 4.50. The van der Waals surface area contributed by atoms with E-state index in [9.17, 15) is 35.4 Å². The fourth-order valence-electron chi connectivity index (χ4n) is 3.23. The van der Waals surface area contributed by atoms with Crippen LogP contribution in [0.25, 0.3) is 0 Å². The highest BCUT2D eigenvalue weighted by Crippen LogP contribution is 2.32. The van der Waals surface area contributed by atoms with Gasteiger partial charge in [0.25, 0.3) is 0 Å². The lowest BCUT2D eigenvalue weighted by atomic mass is 9.98. The number of ether oxygens (including phenoxy) is 2. The Morgan fingerprint density at radius 2 is 1.72 bits per heavy atom. The first-order chi connectivity index (χ1) is 13.8. The molecule has 1 fully saturated rings. The smallest absolute Gasteiger partial charge is 0.339 e. The maximum Gasteiger partial charge on any atom is 0.339 e. The molecule has 0 aliphatic carbocycles. The van der Waals surface area contributed by atoms with Crippen LogP contribution >= 0.6 is 0 Å². The highest BCUT2D eigenvalue weighted by Gasteiger charge is 2.44. The van der Waals surface area contributed by atoms with Gasteiger partial charge >= 0.3 is 5.97 Å². The van der Waals surface area contributed by atoms with Gasteiger partial charge in [-0.25, -0.2) is 4.79 Å². The zero-order valence-corrected chi connectivity index (χ0v) is 15.3. The van der Waals surface area contributed by atoms with E-state index < -0.39 is 49.0 Å². The molecule has 2 aromatic rings. The van der Waals surface area contributed by atoms with Gasteiger partial charge in [-0.2, -0.15) is 0 Å². The summed E-state index contributed by atoms with van der Waals surface area (Å²) in [6.07, 6.45) is -7.21. The number of aromatic carboxylic acids is 1. The second kappa shape index (κ2) is 8.76. The standard InChI is InChI=1S/C20H22O9/c21-9-14-16(23)17(24)18(25)20(29-14)28-12-7-11(6-10-4-2-1-3-5-10)15(19(26)27)13(22)8-12/h1-5,7-8,14,16-18,20-25H,6,9H2,(H,26,27). The van der Waals surface area contributed by atoms with Gasteiger partial charge in [0.1, 0.15) is 41.5 Å². The third-order valence-electron chi connectivity index (χ3n) is 4.72. The van der Waals surface area contributed by atoms with E-state index in [1.54, 1.807) is 24.3 Å². The Morgan fingerprint density at radius 1 is 1.03 bits per heavy atom. The van der Waals surface area contributed by atoms with Gasteiger partial charge in [0.2, 0.25) is 6.29 Å². The lowest BCUT2D eigenvalue weighted by Gasteiger charge is -2.39. The molecule has 9 nitrogen and oxygen atoms in total. The Hall–Kier alpha value is -2.69. The van der Waals surface area contributed by atoms with Crippen LogP contribution in [0.2, 0.25) is 0 Å². The number of benzene rings is 2. The number of carbonyl (C=O) groups is 1. The molecule has 2 aromatic carbocycles. The minimum atomic E-state index is -1.63. The molecule has 0 bridgehead atoms. The van der Waals surface area contributed by atoms with Crippen molar-refractivity contribution in [3.8, 4) is 11.5 Å². The summed E-state index contributed by atoms with van der Waals surface area (Å²) in [5, 5.41) is 58.7. The van der Waals surface area contributed by atoms with Crippen LogP contribution in [-0.4, -0.2) is 73.9 Å². The second-order valence-electron chi connectivity index (χ2n) is 6.76. The SMILES string of the molecule is O=C(O)c1c(O)cc(OC2OC(CO)C(O)C(O)C2O)cc1Cc1ccccc1.